The summed E-state index contributed by atoms with van der Waals surface area (Å²) in [5, 5.41) is 9.24. The van der Waals surface area contributed by atoms with E-state index in [2.05, 4.69) is 0 Å². The van der Waals surface area contributed by atoms with Crippen molar-refractivity contribution in [1.29, 1.82) is 0 Å². The molecule has 1 aliphatic rings. The number of β-amino-alcohol motifs (C(OH)–C–C–N with tert-alkyl or cyclic N) is 1. The first-order valence-electron chi connectivity index (χ1n) is 4.74. The van der Waals surface area contributed by atoms with E-state index in [1.165, 1.54) is 0 Å². The maximum absolute atomic E-state index is 11.3. The zero-order valence-electron chi connectivity index (χ0n) is 7.85. The normalized spacial score (nSPS) is 21.9. The van der Waals surface area contributed by atoms with E-state index in [1.807, 2.05) is 12.1 Å². The molecule has 0 spiro atoms. The summed E-state index contributed by atoms with van der Waals surface area (Å²) in [4.78, 5) is 13.0. The van der Waals surface area contributed by atoms with Crippen LogP contribution in [0, 0.1) is 0 Å². The van der Waals surface area contributed by atoms with Crippen molar-refractivity contribution in [3.05, 3.63) is 24.2 Å². The molecule has 0 radical (unpaired) electrons. The van der Waals surface area contributed by atoms with Crippen LogP contribution in [-0.2, 0) is 11.2 Å². The second-order valence-electron chi connectivity index (χ2n) is 3.53. The van der Waals surface area contributed by atoms with E-state index in [0.29, 0.717) is 19.5 Å². The summed E-state index contributed by atoms with van der Waals surface area (Å²) in [7, 11) is 0. The molecule has 2 heterocycles. The fraction of sp³-hybridized carbons (Fsp3) is 0.500. The Balaban J connectivity index is 1.84. The number of nitrogens with zero attached hydrogens (tertiary/aromatic N) is 1. The number of rotatable bonds is 3. The van der Waals surface area contributed by atoms with Gasteiger partial charge in [0, 0.05) is 19.5 Å². The molecule has 1 N–H and O–H groups in total. The van der Waals surface area contributed by atoms with E-state index in [1.54, 1.807) is 11.2 Å². The summed E-state index contributed by atoms with van der Waals surface area (Å²) in [6, 6.07) is 3.72. The van der Waals surface area contributed by atoms with Crippen molar-refractivity contribution in [2.45, 2.75) is 18.9 Å². The maximum atomic E-state index is 11.3. The van der Waals surface area contributed by atoms with Gasteiger partial charge in [0.2, 0.25) is 5.91 Å². The average molecular weight is 195 g/mol. The molecule has 76 valence electrons. The van der Waals surface area contributed by atoms with Crippen LogP contribution in [0.4, 0.5) is 0 Å². The monoisotopic (exact) mass is 195 g/mol. The quantitative estimate of drug-likeness (QED) is 0.760. The van der Waals surface area contributed by atoms with Crippen LogP contribution in [0.15, 0.2) is 22.8 Å². The second-order valence-corrected chi connectivity index (χ2v) is 3.53. The zero-order valence-corrected chi connectivity index (χ0v) is 7.85. The van der Waals surface area contributed by atoms with Gasteiger partial charge in [-0.2, -0.15) is 0 Å². The Hall–Kier alpha value is -1.29. The van der Waals surface area contributed by atoms with E-state index < -0.39 is 6.10 Å². The fourth-order valence-electron chi connectivity index (χ4n) is 1.67. The summed E-state index contributed by atoms with van der Waals surface area (Å²) in [6.45, 7) is 1.09. The molecule has 1 unspecified atom stereocenters. The van der Waals surface area contributed by atoms with Crippen molar-refractivity contribution in [1.82, 2.24) is 4.90 Å². The number of likely N-dealkylation sites (tertiary alicyclic amines) is 1. The van der Waals surface area contributed by atoms with E-state index in [0.717, 1.165) is 5.76 Å². The van der Waals surface area contributed by atoms with Crippen LogP contribution in [0.1, 0.15) is 12.2 Å². The van der Waals surface area contributed by atoms with Crippen LogP contribution in [-0.4, -0.2) is 35.1 Å². The molecular weight excluding hydrogens is 182 g/mol. The predicted octanol–water partition coefficient (Wildman–Crippen LogP) is 0.415. The summed E-state index contributed by atoms with van der Waals surface area (Å²) in [6.07, 6.45) is 2.11. The smallest absolute Gasteiger partial charge is 0.225 e. The number of carbonyl (C=O) groups excluding carboxylic acids is 1. The second kappa shape index (κ2) is 3.84. The minimum Gasteiger partial charge on any atom is -0.469 e. The minimum atomic E-state index is -0.487. The van der Waals surface area contributed by atoms with Gasteiger partial charge in [-0.3, -0.25) is 4.79 Å². The molecule has 4 nitrogen and oxygen atoms in total. The van der Waals surface area contributed by atoms with Gasteiger partial charge in [0.25, 0.3) is 0 Å². The van der Waals surface area contributed by atoms with Gasteiger partial charge in [-0.1, -0.05) is 0 Å². The third-order valence-electron chi connectivity index (χ3n) is 2.40. The zero-order chi connectivity index (χ0) is 9.97. The van der Waals surface area contributed by atoms with Crippen LogP contribution in [0.25, 0.3) is 0 Å². The molecule has 1 aromatic heterocycles. The molecule has 0 bridgehead atoms. The number of amides is 1. The topological polar surface area (TPSA) is 53.7 Å². The molecule has 1 amide bonds. The number of furan rings is 1. The van der Waals surface area contributed by atoms with Gasteiger partial charge < -0.3 is 14.4 Å². The first-order chi connectivity index (χ1) is 6.75. The molecule has 1 aliphatic heterocycles. The van der Waals surface area contributed by atoms with Gasteiger partial charge in [0.15, 0.2) is 0 Å². The van der Waals surface area contributed by atoms with Crippen molar-refractivity contribution in [2.75, 3.05) is 13.1 Å². The number of hydrogen-bond donors (Lipinski definition) is 1. The molecule has 2 rings (SSSR count). The highest BCUT2D eigenvalue weighted by Gasteiger charge is 2.27. The Morgan fingerprint density at radius 3 is 3.07 bits per heavy atom. The highest BCUT2D eigenvalue weighted by Crippen LogP contribution is 2.11. The molecule has 1 aromatic rings. The van der Waals surface area contributed by atoms with E-state index in [-0.39, 0.29) is 12.3 Å². The SMILES string of the molecule is O=C1CC(O)CN1CCc1ccco1. The van der Waals surface area contributed by atoms with Crippen LogP contribution in [0.5, 0.6) is 0 Å². The van der Waals surface area contributed by atoms with Crippen molar-refractivity contribution < 1.29 is 14.3 Å². The van der Waals surface area contributed by atoms with Crippen LogP contribution in [0.2, 0.25) is 0 Å². The third-order valence-corrected chi connectivity index (χ3v) is 2.40. The standard InChI is InChI=1S/C10H13NO3/c12-8-6-10(13)11(7-8)4-3-9-2-1-5-14-9/h1-2,5,8,12H,3-4,6-7H2. The van der Waals surface area contributed by atoms with Gasteiger partial charge in [0.1, 0.15) is 5.76 Å². The van der Waals surface area contributed by atoms with Crippen molar-refractivity contribution in [3.63, 3.8) is 0 Å². The summed E-state index contributed by atoms with van der Waals surface area (Å²) in [5.41, 5.74) is 0. The average Bonchev–Trinajstić information content (AvgIpc) is 2.72. The van der Waals surface area contributed by atoms with Crippen molar-refractivity contribution >= 4 is 5.91 Å². The molecule has 14 heavy (non-hydrogen) atoms. The minimum absolute atomic E-state index is 0.0315. The van der Waals surface area contributed by atoms with Gasteiger partial charge in [-0.15, -0.1) is 0 Å². The van der Waals surface area contributed by atoms with Gasteiger partial charge in [0.05, 0.1) is 18.8 Å². The van der Waals surface area contributed by atoms with E-state index >= 15 is 0 Å². The highest BCUT2D eigenvalue weighted by molar-refractivity contribution is 5.78. The van der Waals surface area contributed by atoms with Gasteiger partial charge in [-0.25, -0.2) is 0 Å². The number of carbonyl (C=O) groups is 1. The summed E-state index contributed by atoms with van der Waals surface area (Å²) in [5.74, 6) is 0.906. The van der Waals surface area contributed by atoms with E-state index in [4.69, 9.17) is 4.42 Å². The molecule has 0 aliphatic carbocycles. The molecule has 1 saturated heterocycles. The van der Waals surface area contributed by atoms with Gasteiger partial charge in [-0.05, 0) is 12.1 Å². The van der Waals surface area contributed by atoms with Crippen LogP contribution < -0.4 is 0 Å². The first kappa shape index (κ1) is 9.27. The Bertz CT molecular complexity index is 307. The number of hydrogen-bond acceptors (Lipinski definition) is 3. The maximum Gasteiger partial charge on any atom is 0.225 e. The fourth-order valence-corrected chi connectivity index (χ4v) is 1.67. The molecule has 1 fully saturated rings. The molecule has 0 saturated carbocycles. The molecular formula is C10H13NO3. The Labute approximate surface area is 82.1 Å². The van der Waals surface area contributed by atoms with E-state index in [9.17, 15) is 9.90 Å². The summed E-state index contributed by atoms with van der Waals surface area (Å²) < 4.78 is 5.15. The number of aliphatic hydroxyl groups is 1. The van der Waals surface area contributed by atoms with Crippen molar-refractivity contribution in [2.24, 2.45) is 0 Å². The van der Waals surface area contributed by atoms with Crippen molar-refractivity contribution in [3.8, 4) is 0 Å². The largest absolute Gasteiger partial charge is 0.469 e. The lowest BCUT2D eigenvalue weighted by Gasteiger charge is -2.14. The molecule has 1 atom stereocenters. The number of aliphatic hydroxyl groups excluding tert-OH is 1. The highest BCUT2D eigenvalue weighted by atomic mass is 16.3. The molecule has 0 aromatic carbocycles. The summed E-state index contributed by atoms with van der Waals surface area (Å²) >= 11 is 0. The molecule has 4 heteroatoms. The van der Waals surface area contributed by atoms with Gasteiger partial charge >= 0.3 is 0 Å². The third kappa shape index (κ3) is 1.96. The Morgan fingerprint density at radius 2 is 2.50 bits per heavy atom. The van der Waals surface area contributed by atoms with Crippen LogP contribution in [0.3, 0.4) is 0 Å². The Morgan fingerprint density at radius 1 is 1.64 bits per heavy atom. The van der Waals surface area contributed by atoms with Crippen LogP contribution >= 0.6 is 0 Å². The lowest BCUT2D eigenvalue weighted by molar-refractivity contribution is -0.127. The lowest BCUT2D eigenvalue weighted by Crippen LogP contribution is -2.28. The first-order valence-corrected chi connectivity index (χ1v) is 4.74. The Kier molecular flexibility index (Phi) is 2.54. The lowest BCUT2D eigenvalue weighted by atomic mass is 10.3. The predicted molar refractivity (Wildman–Crippen MR) is 49.6 cm³/mol.